The van der Waals surface area contributed by atoms with Crippen LogP contribution in [0.1, 0.15) is 34.3 Å². The second kappa shape index (κ2) is 7.05. The highest BCUT2D eigenvalue weighted by atomic mass is 16.3. The minimum absolute atomic E-state index is 0.0406. The summed E-state index contributed by atoms with van der Waals surface area (Å²) < 4.78 is 0. The van der Waals surface area contributed by atoms with Crippen molar-refractivity contribution >= 4 is 5.91 Å². The molecule has 1 unspecified atom stereocenters. The van der Waals surface area contributed by atoms with Crippen LogP contribution in [-0.2, 0) is 6.54 Å². The summed E-state index contributed by atoms with van der Waals surface area (Å²) in [4.78, 5) is 14.8. The fourth-order valence-corrected chi connectivity index (χ4v) is 3.16. The molecular weight excluding hydrogens is 302 g/mol. The Labute approximate surface area is 142 Å². The van der Waals surface area contributed by atoms with Crippen LogP contribution in [0.5, 0.6) is 5.75 Å². The van der Waals surface area contributed by atoms with E-state index in [0.717, 1.165) is 24.0 Å². The number of carbonyl (C=O) groups excluding carboxylic acids is 1. The highest BCUT2D eigenvalue weighted by Crippen LogP contribution is 2.36. The SMILES string of the molecule is Cc1cc(O)cc(C(=O)N(Cc2ccccc2)C(CO)C2CC2)c1. The number of aliphatic hydroxyl groups excluding tert-OH is 1. The third-order valence-electron chi connectivity index (χ3n) is 4.52. The Kier molecular flexibility index (Phi) is 4.86. The van der Waals surface area contributed by atoms with E-state index in [1.165, 1.54) is 6.07 Å². The number of aromatic hydroxyl groups is 1. The van der Waals surface area contributed by atoms with Crippen LogP contribution in [0.25, 0.3) is 0 Å². The van der Waals surface area contributed by atoms with Gasteiger partial charge >= 0.3 is 0 Å². The summed E-state index contributed by atoms with van der Waals surface area (Å²) in [5, 5.41) is 19.7. The molecule has 1 aliphatic carbocycles. The van der Waals surface area contributed by atoms with Crippen LogP contribution < -0.4 is 0 Å². The molecule has 2 aromatic carbocycles. The average Bonchev–Trinajstić information content (AvgIpc) is 3.39. The third-order valence-corrected chi connectivity index (χ3v) is 4.52. The van der Waals surface area contributed by atoms with Crippen molar-refractivity contribution in [3.8, 4) is 5.75 Å². The van der Waals surface area contributed by atoms with E-state index in [0.29, 0.717) is 18.0 Å². The molecule has 0 aromatic heterocycles. The molecule has 2 aromatic rings. The van der Waals surface area contributed by atoms with Crippen molar-refractivity contribution in [2.24, 2.45) is 5.92 Å². The topological polar surface area (TPSA) is 60.8 Å². The fraction of sp³-hybridized carbons (Fsp3) is 0.350. The molecule has 0 radical (unpaired) electrons. The Hall–Kier alpha value is -2.33. The molecule has 1 amide bonds. The summed E-state index contributed by atoms with van der Waals surface area (Å²) in [6, 6.07) is 14.5. The molecule has 1 fully saturated rings. The summed E-state index contributed by atoms with van der Waals surface area (Å²) in [5.74, 6) is 0.301. The zero-order valence-electron chi connectivity index (χ0n) is 13.9. The molecule has 0 bridgehead atoms. The summed E-state index contributed by atoms with van der Waals surface area (Å²) in [7, 11) is 0. The quantitative estimate of drug-likeness (QED) is 0.858. The van der Waals surface area contributed by atoms with E-state index >= 15 is 0 Å². The number of rotatable bonds is 6. The molecule has 0 heterocycles. The second-order valence-electron chi connectivity index (χ2n) is 6.56. The number of carbonyl (C=O) groups is 1. The van der Waals surface area contributed by atoms with Crippen LogP contribution >= 0.6 is 0 Å². The third kappa shape index (κ3) is 3.77. The van der Waals surface area contributed by atoms with Gasteiger partial charge in [-0.15, -0.1) is 0 Å². The molecule has 126 valence electrons. The van der Waals surface area contributed by atoms with Crippen molar-refractivity contribution in [2.75, 3.05) is 6.61 Å². The van der Waals surface area contributed by atoms with Gasteiger partial charge in [-0.1, -0.05) is 30.3 Å². The lowest BCUT2D eigenvalue weighted by atomic mass is 10.1. The first kappa shape index (κ1) is 16.5. The molecule has 0 saturated heterocycles. The molecule has 1 atom stereocenters. The number of nitrogens with zero attached hydrogens (tertiary/aromatic N) is 1. The molecule has 1 saturated carbocycles. The first-order valence-corrected chi connectivity index (χ1v) is 8.35. The normalized spacial score (nSPS) is 15.1. The predicted molar refractivity (Wildman–Crippen MR) is 92.8 cm³/mol. The number of hydrogen-bond donors (Lipinski definition) is 2. The van der Waals surface area contributed by atoms with Crippen LogP contribution in [0.2, 0.25) is 0 Å². The lowest BCUT2D eigenvalue weighted by Gasteiger charge is -2.31. The summed E-state index contributed by atoms with van der Waals surface area (Å²) in [6.45, 7) is 2.26. The Bertz CT molecular complexity index is 690. The number of aliphatic hydroxyl groups is 1. The van der Waals surface area contributed by atoms with E-state index in [9.17, 15) is 15.0 Å². The number of aryl methyl sites for hydroxylation is 1. The molecule has 1 aliphatic rings. The maximum absolute atomic E-state index is 13.1. The maximum atomic E-state index is 13.1. The number of amides is 1. The zero-order valence-corrected chi connectivity index (χ0v) is 13.9. The van der Waals surface area contributed by atoms with E-state index < -0.39 is 0 Å². The van der Waals surface area contributed by atoms with Crippen LogP contribution in [0, 0.1) is 12.8 Å². The van der Waals surface area contributed by atoms with Gasteiger partial charge in [-0.05, 0) is 55.0 Å². The first-order chi connectivity index (χ1) is 11.6. The smallest absolute Gasteiger partial charge is 0.254 e. The largest absolute Gasteiger partial charge is 0.508 e. The van der Waals surface area contributed by atoms with Crippen LogP contribution in [-0.4, -0.2) is 33.7 Å². The van der Waals surface area contributed by atoms with Crippen molar-refractivity contribution in [1.82, 2.24) is 4.90 Å². The van der Waals surface area contributed by atoms with Crippen LogP contribution in [0.3, 0.4) is 0 Å². The lowest BCUT2D eigenvalue weighted by Crippen LogP contribution is -2.43. The Morgan fingerprint density at radius 2 is 1.92 bits per heavy atom. The van der Waals surface area contributed by atoms with E-state index in [1.54, 1.807) is 17.0 Å². The number of phenolic OH excluding ortho intramolecular Hbond substituents is 1. The van der Waals surface area contributed by atoms with E-state index in [-0.39, 0.29) is 24.3 Å². The maximum Gasteiger partial charge on any atom is 0.254 e. The summed E-state index contributed by atoms with van der Waals surface area (Å²) >= 11 is 0. The zero-order chi connectivity index (χ0) is 17.1. The van der Waals surface area contributed by atoms with Gasteiger partial charge in [0.1, 0.15) is 5.75 Å². The van der Waals surface area contributed by atoms with Crippen molar-refractivity contribution in [3.05, 3.63) is 65.2 Å². The monoisotopic (exact) mass is 325 g/mol. The molecule has 3 rings (SSSR count). The van der Waals surface area contributed by atoms with Crippen molar-refractivity contribution in [2.45, 2.75) is 32.4 Å². The van der Waals surface area contributed by atoms with Gasteiger partial charge < -0.3 is 15.1 Å². The van der Waals surface area contributed by atoms with Gasteiger partial charge in [-0.25, -0.2) is 0 Å². The molecule has 24 heavy (non-hydrogen) atoms. The standard InChI is InChI=1S/C20H23NO3/c1-14-9-17(11-18(23)10-14)20(24)21(19(13-22)16-7-8-16)12-15-5-3-2-4-6-15/h2-6,9-11,16,19,22-23H,7-8,12-13H2,1H3. The Morgan fingerprint density at radius 3 is 2.50 bits per heavy atom. The number of hydrogen-bond acceptors (Lipinski definition) is 3. The van der Waals surface area contributed by atoms with Gasteiger partial charge in [-0.3, -0.25) is 4.79 Å². The summed E-state index contributed by atoms with van der Waals surface area (Å²) in [6.07, 6.45) is 2.09. The summed E-state index contributed by atoms with van der Waals surface area (Å²) in [5.41, 5.74) is 2.33. The minimum atomic E-state index is -0.180. The van der Waals surface area contributed by atoms with Crippen molar-refractivity contribution < 1.29 is 15.0 Å². The second-order valence-corrected chi connectivity index (χ2v) is 6.56. The molecule has 4 nitrogen and oxygen atoms in total. The van der Waals surface area contributed by atoms with Crippen LogP contribution in [0.15, 0.2) is 48.5 Å². The Morgan fingerprint density at radius 1 is 1.21 bits per heavy atom. The molecule has 4 heteroatoms. The molecule has 0 spiro atoms. The fourth-order valence-electron chi connectivity index (χ4n) is 3.16. The van der Waals surface area contributed by atoms with Gasteiger partial charge in [0.05, 0.1) is 12.6 Å². The van der Waals surface area contributed by atoms with Crippen LogP contribution in [0.4, 0.5) is 0 Å². The van der Waals surface area contributed by atoms with Crippen molar-refractivity contribution in [3.63, 3.8) is 0 Å². The predicted octanol–water partition coefficient (Wildman–Crippen LogP) is 3.11. The van der Waals surface area contributed by atoms with Gasteiger partial charge in [0, 0.05) is 12.1 Å². The molecule has 0 aliphatic heterocycles. The highest BCUT2D eigenvalue weighted by molar-refractivity contribution is 5.95. The Balaban J connectivity index is 1.92. The first-order valence-electron chi connectivity index (χ1n) is 8.35. The highest BCUT2D eigenvalue weighted by Gasteiger charge is 2.37. The van der Waals surface area contributed by atoms with E-state index in [2.05, 4.69) is 0 Å². The average molecular weight is 325 g/mol. The minimum Gasteiger partial charge on any atom is -0.508 e. The van der Waals surface area contributed by atoms with Gasteiger partial charge in [0.15, 0.2) is 0 Å². The number of benzene rings is 2. The van der Waals surface area contributed by atoms with Gasteiger partial charge in [0.2, 0.25) is 0 Å². The van der Waals surface area contributed by atoms with Gasteiger partial charge in [0.25, 0.3) is 5.91 Å². The number of phenols is 1. The van der Waals surface area contributed by atoms with Crippen molar-refractivity contribution in [1.29, 1.82) is 0 Å². The molecular formula is C20H23NO3. The lowest BCUT2D eigenvalue weighted by molar-refractivity contribution is 0.0530. The van der Waals surface area contributed by atoms with E-state index in [4.69, 9.17) is 0 Å². The van der Waals surface area contributed by atoms with E-state index in [1.807, 2.05) is 37.3 Å². The van der Waals surface area contributed by atoms with Gasteiger partial charge in [-0.2, -0.15) is 0 Å². The molecule has 2 N–H and O–H groups in total.